The predicted octanol–water partition coefficient (Wildman–Crippen LogP) is 3.29. The summed E-state index contributed by atoms with van der Waals surface area (Å²) in [5.41, 5.74) is 1.35. The molecule has 0 saturated heterocycles. The second-order valence-electron chi connectivity index (χ2n) is 8.98. The van der Waals surface area contributed by atoms with Crippen LogP contribution < -0.4 is 19.1 Å². The quantitative estimate of drug-likeness (QED) is 0.463. The molecule has 0 unspecified atom stereocenters. The third-order valence-electron chi connectivity index (χ3n) is 6.16. The van der Waals surface area contributed by atoms with Gasteiger partial charge in [0, 0.05) is 31.6 Å². The number of amides is 2. The van der Waals surface area contributed by atoms with E-state index in [1.807, 2.05) is 44.2 Å². The molecule has 2 amide bonds. The Morgan fingerprint density at radius 1 is 1.06 bits per heavy atom. The van der Waals surface area contributed by atoms with Crippen molar-refractivity contribution in [3.8, 4) is 11.5 Å². The van der Waals surface area contributed by atoms with Gasteiger partial charge in [0.2, 0.25) is 28.6 Å². The van der Waals surface area contributed by atoms with Crippen molar-refractivity contribution in [3.05, 3.63) is 54.1 Å². The van der Waals surface area contributed by atoms with Crippen LogP contribution in [0.4, 0.5) is 5.69 Å². The minimum atomic E-state index is -3.60. The molecule has 0 bridgehead atoms. The van der Waals surface area contributed by atoms with Crippen LogP contribution in [0.25, 0.3) is 0 Å². The summed E-state index contributed by atoms with van der Waals surface area (Å²) in [5.74, 6) is 0.604. The van der Waals surface area contributed by atoms with E-state index in [1.54, 1.807) is 30.0 Å². The van der Waals surface area contributed by atoms with E-state index in [-0.39, 0.29) is 50.6 Å². The number of fused-ring (bicyclic) bond motifs is 1. The summed E-state index contributed by atoms with van der Waals surface area (Å²) in [6.07, 6.45) is 2.28. The van der Waals surface area contributed by atoms with Crippen LogP contribution in [0.15, 0.2) is 48.5 Å². The van der Waals surface area contributed by atoms with E-state index in [1.165, 1.54) is 4.31 Å². The zero-order valence-corrected chi connectivity index (χ0v) is 22.1. The largest absolute Gasteiger partial charge is 0.454 e. The van der Waals surface area contributed by atoms with Crippen LogP contribution in [0.2, 0.25) is 0 Å². The molecular formula is C26H35N3O6S. The summed E-state index contributed by atoms with van der Waals surface area (Å²) >= 11 is 0. The van der Waals surface area contributed by atoms with E-state index in [0.29, 0.717) is 17.2 Å². The van der Waals surface area contributed by atoms with E-state index in [0.717, 1.165) is 18.2 Å². The summed E-state index contributed by atoms with van der Waals surface area (Å²) in [6, 6.07) is 13.7. The second-order valence-corrected chi connectivity index (χ2v) is 10.9. The molecule has 0 fully saturated rings. The monoisotopic (exact) mass is 517 g/mol. The van der Waals surface area contributed by atoms with Crippen LogP contribution in [-0.4, -0.2) is 56.8 Å². The third-order valence-corrected chi connectivity index (χ3v) is 7.35. The molecule has 36 heavy (non-hydrogen) atoms. The normalized spacial score (nSPS) is 14.1. The molecular weight excluding hydrogens is 482 g/mol. The summed E-state index contributed by atoms with van der Waals surface area (Å²) in [6.45, 7) is 6.10. The number of anilines is 1. The van der Waals surface area contributed by atoms with Crippen molar-refractivity contribution in [2.45, 2.75) is 58.7 Å². The highest BCUT2D eigenvalue weighted by Crippen LogP contribution is 2.36. The number of benzene rings is 2. The fourth-order valence-electron chi connectivity index (χ4n) is 3.87. The topological polar surface area (TPSA) is 105 Å². The van der Waals surface area contributed by atoms with E-state index in [9.17, 15) is 18.0 Å². The summed E-state index contributed by atoms with van der Waals surface area (Å²) < 4.78 is 37.0. The van der Waals surface area contributed by atoms with Crippen molar-refractivity contribution in [2.75, 3.05) is 23.9 Å². The molecule has 1 aliphatic heterocycles. The van der Waals surface area contributed by atoms with Crippen LogP contribution in [0.3, 0.4) is 0 Å². The Morgan fingerprint density at radius 2 is 1.75 bits per heavy atom. The average Bonchev–Trinajstić information content (AvgIpc) is 3.32. The average molecular weight is 518 g/mol. The van der Waals surface area contributed by atoms with Gasteiger partial charge in [0.25, 0.3) is 0 Å². The molecule has 1 heterocycles. The number of nitrogens with one attached hydrogen (secondary N) is 1. The molecule has 10 heteroatoms. The molecule has 0 radical (unpaired) electrons. The SMILES string of the molecule is CC[C@H](C)NC(=O)[C@H](C)N(Cc1ccccc1)C(=O)CCCN(c1ccc2c(c1)OCO2)S(C)(=O)=O. The van der Waals surface area contributed by atoms with Crippen molar-refractivity contribution >= 4 is 27.5 Å². The molecule has 1 aliphatic rings. The Balaban J connectivity index is 1.71. The number of sulfonamides is 1. The lowest BCUT2D eigenvalue weighted by Gasteiger charge is -2.30. The van der Waals surface area contributed by atoms with Gasteiger partial charge in [-0.3, -0.25) is 13.9 Å². The van der Waals surface area contributed by atoms with Crippen molar-refractivity contribution in [2.24, 2.45) is 0 Å². The van der Waals surface area contributed by atoms with Crippen molar-refractivity contribution in [1.29, 1.82) is 0 Å². The maximum atomic E-state index is 13.3. The Labute approximate surface area is 213 Å². The molecule has 1 N–H and O–H groups in total. The Kier molecular flexibility index (Phi) is 9.19. The third kappa shape index (κ3) is 7.13. The summed E-state index contributed by atoms with van der Waals surface area (Å²) in [5, 5.41) is 2.94. The van der Waals surface area contributed by atoms with Gasteiger partial charge >= 0.3 is 0 Å². The lowest BCUT2D eigenvalue weighted by Crippen LogP contribution is -2.49. The van der Waals surface area contributed by atoms with Gasteiger partial charge < -0.3 is 19.7 Å². The van der Waals surface area contributed by atoms with Crippen molar-refractivity contribution in [3.63, 3.8) is 0 Å². The Morgan fingerprint density at radius 3 is 2.42 bits per heavy atom. The van der Waals surface area contributed by atoms with Crippen molar-refractivity contribution < 1.29 is 27.5 Å². The van der Waals surface area contributed by atoms with Gasteiger partial charge in [0.05, 0.1) is 11.9 Å². The van der Waals surface area contributed by atoms with Crippen LogP contribution in [0.1, 0.15) is 45.6 Å². The fourth-order valence-corrected chi connectivity index (χ4v) is 4.83. The van der Waals surface area contributed by atoms with Gasteiger partial charge in [-0.05, 0) is 44.4 Å². The maximum absolute atomic E-state index is 13.3. The fraction of sp³-hybridized carbons (Fsp3) is 0.462. The lowest BCUT2D eigenvalue weighted by molar-refractivity contribution is -0.140. The molecule has 2 atom stereocenters. The van der Waals surface area contributed by atoms with Crippen molar-refractivity contribution in [1.82, 2.24) is 10.2 Å². The first-order valence-electron chi connectivity index (χ1n) is 12.1. The molecule has 0 saturated carbocycles. The minimum absolute atomic E-state index is 0.00125. The van der Waals surface area contributed by atoms with Crippen LogP contribution >= 0.6 is 0 Å². The molecule has 9 nitrogen and oxygen atoms in total. The number of nitrogens with zero attached hydrogens (tertiary/aromatic N) is 2. The standard InChI is InChI=1S/C26H35N3O6S/c1-5-19(2)27-26(31)20(3)28(17-21-10-7-6-8-11-21)25(30)12-9-15-29(36(4,32)33)22-13-14-23-24(16-22)35-18-34-23/h6-8,10-11,13-14,16,19-20H,5,9,12,15,17-18H2,1-4H3,(H,27,31)/t19-,20-/m0/s1. The molecule has 0 spiro atoms. The molecule has 2 aromatic carbocycles. The molecule has 0 aliphatic carbocycles. The first kappa shape index (κ1) is 27.3. The zero-order valence-electron chi connectivity index (χ0n) is 21.3. The molecule has 196 valence electrons. The number of ether oxygens (including phenoxy) is 2. The van der Waals surface area contributed by atoms with E-state index in [2.05, 4.69) is 5.32 Å². The lowest BCUT2D eigenvalue weighted by atomic mass is 10.1. The van der Waals surface area contributed by atoms with E-state index < -0.39 is 16.1 Å². The summed E-state index contributed by atoms with van der Waals surface area (Å²) in [4.78, 5) is 27.7. The van der Waals surface area contributed by atoms with Crippen LogP contribution in [-0.2, 0) is 26.2 Å². The number of carbonyl (C=O) groups excluding carboxylic acids is 2. The van der Waals surface area contributed by atoms with Gasteiger partial charge in [-0.1, -0.05) is 37.3 Å². The highest BCUT2D eigenvalue weighted by Gasteiger charge is 2.27. The predicted molar refractivity (Wildman–Crippen MR) is 138 cm³/mol. The van der Waals surface area contributed by atoms with E-state index in [4.69, 9.17) is 9.47 Å². The van der Waals surface area contributed by atoms with Gasteiger partial charge in [-0.2, -0.15) is 0 Å². The van der Waals surface area contributed by atoms with Crippen LogP contribution in [0.5, 0.6) is 11.5 Å². The number of carbonyl (C=O) groups is 2. The zero-order chi connectivity index (χ0) is 26.3. The molecule has 2 aromatic rings. The molecule has 3 rings (SSSR count). The van der Waals surface area contributed by atoms with Crippen LogP contribution in [0, 0.1) is 0 Å². The minimum Gasteiger partial charge on any atom is -0.454 e. The highest BCUT2D eigenvalue weighted by molar-refractivity contribution is 7.92. The summed E-state index contributed by atoms with van der Waals surface area (Å²) in [7, 11) is -3.60. The Hall–Kier alpha value is -3.27. The van der Waals surface area contributed by atoms with E-state index >= 15 is 0 Å². The second kappa shape index (κ2) is 12.1. The van der Waals surface area contributed by atoms with Gasteiger partial charge in [-0.25, -0.2) is 8.42 Å². The number of hydrogen-bond acceptors (Lipinski definition) is 6. The first-order chi connectivity index (χ1) is 17.1. The van der Waals surface area contributed by atoms with Gasteiger partial charge in [0.15, 0.2) is 11.5 Å². The number of rotatable bonds is 12. The molecule has 0 aromatic heterocycles. The first-order valence-corrected chi connectivity index (χ1v) is 14.0. The highest BCUT2D eigenvalue weighted by atomic mass is 32.2. The Bertz CT molecular complexity index is 1160. The maximum Gasteiger partial charge on any atom is 0.242 e. The number of hydrogen-bond donors (Lipinski definition) is 1. The van der Waals surface area contributed by atoms with Gasteiger partial charge in [-0.15, -0.1) is 0 Å². The van der Waals surface area contributed by atoms with Gasteiger partial charge in [0.1, 0.15) is 6.04 Å². The smallest absolute Gasteiger partial charge is 0.242 e.